The highest BCUT2D eigenvalue weighted by Gasteiger charge is 2.52. The molecule has 2 rings (SSSR count). The molecule has 0 bridgehead atoms. The Hall–Kier alpha value is -2.09. The van der Waals surface area contributed by atoms with Gasteiger partial charge in [-0.15, -0.1) is 0 Å². The summed E-state index contributed by atoms with van der Waals surface area (Å²) in [5.41, 5.74) is -2.24. The third kappa shape index (κ3) is 1.04. The second-order valence-electron chi connectivity index (χ2n) is 3.49. The molecule has 4 nitrogen and oxygen atoms in total. The van der Waals surface area contributed by atoms with Gasteiger partial charge in [0, 0.05) is 12.6 Å². The molecule has 0 aliphatic carbocycles. The van der Waals surface area contributed by atoms with Crippen molar-refractivity contribution < 1.29 is 13.9 Å². The van der Waals surface area contributed by atoms with Crippen LogP contribution >= 0.6 is 0 Å². The number of hydrogen-bond acceptors (Lipinski definition) is 3. The number of para-hydroxylation sites is 1. The van der Waals surface area contributed by atoms with E-state index in [0.717, 1.165) is 4.90 Å². The van der Waals surface area contributed by atoms with Crippen LogP contribution < -0.4 is 9.64 Å². The number of alkyl halides is 1. The van der Waals surface area contributed by atoms with Gasteiger partial charge in [-0.25, -0.2) is 4.39 Å². The van der Waals surface area contributed by atoms with E-state index in [0.29, 0.717) is 11.4 Å². The molecule has 5 heteroatoms. The standard InChI is InChI=1S/C11H9FN2O2/c1-14-9-7(4-3-5-8(9)16-2)11(12,6-13)10(14)15/h3-5H,1-2H3. The van der Waals surface area contributed by atoms with E-state index in [1.807, 2.05) is 0 Å². The minimum atomic E-state index is -2.60. The van der Waals surface area contributed by atoms with Crippen LogP contribution in [0, 0.1) is 11.3 Å². The number of nitriles is 1. The summed E-state index contributed by atoms with van der Waals surface area (Å²) in [5, 5.41) is 8.81. The lowest BCUT2D eigenvalue weighted by molar-refractivity contribution is -0.125. The predicted octanol–water partition coefficient (Wildman–Crippen LogP) is 1.36. The Morgan fingerprint density at radius 1 is 1.56 bits per heavy atom. The minimum absolute atomic E-state index is 0.0434. The number of ether oxygens (including phenoxy) is 1. The van der Waals surface area contributed by atoms with Crippen LogP contribution in [0.1, 0.15) is 5.56 Å². The van der Waals surface area contributed by atoms with Crippen molar-refractivity contribution in [2.45, 2.75) is 5.67 Å². The molecule has 1 atom stereocenters. The van der Waals surface area contributed by atoms with Crippen molar-refractivity contribution in [3.8, 4) is 11.8 Å². The molecule has 1 amide bonds. The van der Waals surface area contributed by atoms with Crippen molar-refractivity contribution in [2.24, 2.45) is 0 Å². The maximum absolute atomic E-state index is 14.2. The summed E-state index contributed by atoms with van der Waals surface area (Å²) in [6.45, 7) is 0. The van der Waals surface area contributed by atoms with E-state index >= 15 is 0 Å². The minimum Gasteiger partial charge on any atom is -0.495 e. The molecule has 0 spiro atoms. The van der Waals surface area contributed by atoms with Crippen molar-refractivity contribution in [3.05, 3.63) is 23.8 Å². The van der Waals surface area contributed by atoms with Crippen LogP contribution in [-0.4, -0.2) is 20.1 Å². The first-order chi connectivity index (χ1) is 7.56. The van der Waals surface area contributed by atoms with E-state index < -0.39 is 11.6 Å². The number of halogens is 1. The van der Waals surface area contributed by atoms with Gasteiger partial charge in [0.1, 0.15) is 11.8 Å². The number of amides is 1. The quantitative estimate of drug-likeness (QED) is 0.718. The van der Waals surface area contributed by atoms with Gasteiger partial charge in [-0.2, -0.15) is 5.26 Å². The number of benzene rings is 1. The van der Waals surface area contributed by atoms with Crippen LogP contribution in [-0.2, 0) is 10.5 Å². The van der Waals surface area contributed by atoms with Gasteiger partial charge in [0.15, 0.2) is 0 Å². The molecule has 1 aromatic carbocycles. The second-order valence-corrected chi connectivity index (χ2v) is 3.49. The first-order valence-electron chi connectivity index (χ1n) is 4.62. The number of anilines is 1. The maximum Gasteiger partial charge on any atom is 0.300 e. The molecule has 0 fully saturated rings. The largest absolute Gasteiger partial charge is 0.495 e. The number of rotatable bonds is 1. The van der Waals surface area contributed by atoms with Gasteiger partial charge >= 0.3 is 5.67 Å². The van der Waals surface area contributed by atoms with Crippen LogP contribution in [0.4, 0.5) is 10.1 Å². The molecule has 0 radical (unpaired) electrons. The number of hydrogen-bond donors (Lipinski definition) is 0. The third-order valence-electron chi connectivity index (χ3n) is 2.68. The monoisotopic (exact) mass is 220 g/mol. The molecule has 1 unspecified atom stereocenters. The Morgan fingerprint density at radius 3 is 2.81 bits per heavy atom. The highest BCUT2D eigenvalue weighted by atomic mass is 19.1. The van der Waals surface area contributed by atoms with Gasteiger partial charge in [-0.05, 0) is 6.07 Å². The van der Waals surface area contributed by atoms with E-state index in [1.165, 1.54) is 26.3 Å². The Kier molecular flexibility index (Phi) is 2.09. The number of carbonyl (C=O) groups is 1. The van der Waals surface area contributed by atoms with Gasteiger partial charge in [-0.3, -0.25) is 4.79 Å². The van der Waals surface area contributed by atoms with Crippen LogP contribution in [0.15, 0.2) is 18.2 Å². The van der Waals surface area contributed by atoms with E-state index in [9.17, 15) is 9.18 Å². The summed E-state index contributed by atoms with van der Waals surface area (Å²) in [4.78, 5) is 12.8. The molecule has 82 valence electrons. The van der Waals surface area contributed by atoms with E-state index in [-0.39, 0.29) is 5.56 Å². The van der Waals surface area contributed by atoms with Gasteiger partial charge in [-0.1, -0.05) is 12.1 Å². The summed E-state index contributed by atoms with van der Waals surface area (Å²) in [7, 11) is 2.85. The van der Waals surface area contributed by atoms with E-state index in [2.05, 4.69) is 0 Å². The molecule has 1 aromatic rings. The molecule has 0 saturated heterocycles. The second kappa shape index (κ2) is 3.20. The number of carbonyl (C=O) groups excluding carboxylic acids is 1. The summed E-state index contributed by atoms with van der Waals surface area (Å²) in [6.07, 6.45) is 0. The van der Waals surface area contributed by atoms with Crippen molar-refractivity contribution in [3.63, 3.8) is 0 Å². The summed E-state index contributed by atoms with van der Waals surface area (Å²) in [6, 6.07) is 6.00. The van der Waals surface area contributed by atoms with Crippen molar-refractivity contribution in [1.82, 2.24) is 0 Å². The molecule has 16 heavy (non-hydrogen) atoms. The van der Waals surface area contributed by atoms with E-state index in [4.69, 9.17) is 10.00 Å². The topological polar surface area (TPSA) is 53.3 Å². The highest BCUT2D eigenvalue weighted by molar-refractivity contribution is 6.09. The fourth-order valence-electron chi connectivity index (χ4n) is 1.87. The maximum atomic E-state index is 14.2. The van der Waals surface area contributed by atoms with Crippen LogP contribution in [0.25, 0.3) is 0 Å². The third-order valence-corrected chi connectivity index (χ3v) is 2.68. The lowest BCUT2D eigenvalue weighted by Crippen LogP contribution is -2.33. The normalized spacial score (nSPS) is 22.9. The Labute approximate surface area is 91.8 Å². The number of methoxy groups -OCH3 is 1. The zero-order chi connectivity index (χ0) is 11.9. The molecule has 1 aliphatic rings. The zero-order valence-corrected chi connectivity index (χ0v) is 8.82. The number of nitrogens with zero attached hydrogens (tertiary/aromatic N) is 2. The Morgan fingerprint density at radius 2 is 2.25 bits per heavy atom. The van der Waals surface area contributed by atoms with E-state index in [1.54, 1.807) is 12.1 Å². The first-order valence-corrected chi connectivity index (χ1v) is 4.62. The van der Waals surface area contributed by atoms with Crippen LogP contribution in [0.2, 0.25) is 0 Å². The van der Waals surface area contributed by atoms with Crippen LogP contribution in [0.3, 0.4) is 0 Å². The average Bonchev–Trinajstić information content (AvgIpc) is 2.52. The van der Waals surface area contributed by atoms with Crippen molar-refractivity contribution >= 4 is 11.6 Å². The van der Waals surface area contributed by atoms with Gasteiger partial charge < -0.3 is 9.64 Å². The van der Waals surface area contributed by atoms with Gasteiger partial charge in [0.25, 0.3) is 5.91 Å². The SMILES string of the molecule is COc1cccc2c1N(C)C(=O)C2(F)C#N. The molecule has 0 aromatic heterocycles. The molecule has 0 saturated carbocycles. The smallest absolute Gasteiger partial charge is 0.300 e. The fourth-order valence-corrected chi connectivity index (χ4v) is 1.87. The zero-order valence-electron chi connectivity index (χ0n) is 8.82. The number of fused-ring (bicyclic) bond motifs is 1. The molecular formula is C11H9FN2O2. The Balaban J connectivity index is 2.75. The Bertz CT molecular complexity index is 509. The summed E-state index contributed by atoms with van der Waals surface area (Å²) < 4.78 is 19.2. The van der Waals surface area contributed by atoms with Crippen LogP contribution in [0.5, 0.6) is 5.75 Å². The molecule has 0 N–H and O–H groups in total. The first kappa shape index (κ1) is 10.4. The van der Waals surface area contributed by atoms with Crippen molar-refractivity contribution in [2.75, 3.05) is 19.1 Å². The average molecular weight is 220 g/mol. The molecule has 1 heterocycles. The predicted molar refractivity (Wildman–Crippen MR) is 54.8 cm³/mol. The summed E-state index contributed by atoms with van der Waals surface area (Å²) in [5.74, 6) is -0.502. The lowest BCUT2D eigenvalue weighted by Gasteiger charge is -2.12. The summed E-state index contributed by atoms with van der Waals surface area (Å²) >= 11 is 0. The van der Waals surface area contributed by atoms with Crippen molar-refractivity contribution in [1.29, 1.82) is 5.26 Å². The van der Waals surface area contributed by atoms with Gasteiger partial charge in [0.2, 0.25) is 0 Å². The molecular weight excluding hydrogens is 211 g/mol. The molecule has 1 aliphatic heterocycles. The highest BCUT2D eigenvalue weighted by Crippen LogP contribution is 2.46. The lowest BCUT2D eigenvalue weighted by atomic mass is 9.99. The fraction of sp³-hybridized carbons (Fsp3) is 0.273. The number of likely N-dealkylation sites (N-methyl/N-ethyl adjacent to an activating group) is 1. The van der Waals surface area contributed by atoms with Gasteiger partial charge in [0.05, 0.1) is 12.8 Å².